The van der Waals surface area contributed by atoms with Gasteiger partial charge in [0.05, 0.1) is 83.3 Å². The number of nitrogens with one attached hydrogen (secondary N) is 3. The number of aromatic carboxylic acids is 1. The number of hydrogen-bond acceptors (Lipinski definition) is 21. The van der Waals surface area contributed by atoms with Gasteiger partial charge in [-0.1, -0.05) is 218 Å². The smallest absolute Gasteiger partial charge is 0.340 e. The number of hydrogen-bond donors (Lipinski definition) is 4. The molecule has 9 aromatic heterocycles. The molecule has 10 aromatic carbocycles. The number of nitrogens with zero attached hydrogens (tertiary/aromatic N) is 19. The summed E-state index contributed by atoms with van der Waals surface area (Å²) in [6.45, 7) is 2.88. The number of pyridine rings is 3. The first-order chi connectivity index (χ1) is 63.7. The van der Waals surface area contributed by atoms with Crippen LogP contribution >= 0.6 is 0 Å². The van der Waals surface area contributed by atoms with Gasteiger partial charge in [-0.25, -0.2) is 50.1 Å². The summed E-state index contributed by atoms with van der Waals surface area (Å²) in [6.07, 6.45) is 4.30. The monoisotopic (exact) mass is 1770 g/mol. The lowest BCUT2D eigenvalue weighted by Crippen LogP contribution is -2.25. The lowest BCUT2D eigenvalue weighted by Gasteiger charge is -2.26. The largest absolute Gasteiger partial charge is 0.478 e. The number of aromatic amines is 2. The summed E-state index contributed by atoms with van der Waals surface area (Å²) in [5.41, 5.74) is 9.70. The van der Waals surface area contributed by atoms with E-state index in [9.17, 15) is 27.9 Å². The van der Waals surface area contributed by atoms with Crippen LogP contribution in [0.4, 0.5) is 30.6 Å². The molecule has 652 valence electrons. The van der Waals surface area contributed by atoms with Gasteiger partial charge in [-0.05, 0) is 116 Å². The molecule has 0 radical (unpaired) electrons. The van der Waals surface area contributed by atoms with Gasteiger partial charge in [0.1, 0.15) is 23.0 Å². The van der Waals surface area contributed by atoms with Crippen LogP contribution in [0.5, 0.6) is 0 Å². The highest BCUT2D eigenvalue weighted by molar-refractivity contribution is 7.90. The number of halogens is 3. The minimum absolute atomic E-state index is 0.0149. The molecule has 33 heteroatoms. The van der Waals surface area contributed by atoms with Crippen molar-refractivity contribution in [1.82, 2.24) is 94.8 Å². The molecule has 0 fully saturated rings. The molecular weight excluding hydrogens is 1690 g/mol. The second-order valence-electron chi connectivity index (χ2n) is 30.5. The van der Waals surface area contributed by atoms with E-state index in [0.717, 1.165) is 37.4 Å². The van der Waals surface area contributed by atoms with Crippen molar-refractivity contribution in [1.29, 1.82) is 0 Å². The van der Waals surface area contributed by atoms with Crippen molar-refractivity contribution in [2.45, 2.75) is 44.2 Å². The van der Waals surface area contributed by atoms with Gasteiger partial charge in [-0.15, -0.1) is 30.6 Å². The number of ether oxygens (including phenoxy) is 1. The zero-order valence-electron chi connectivity index (χ0n) is 71.0. The van der Waals surface area contributed by atoms with Crippen molar-refractivity contribution < 1.29 is 45.8 Å². The predicted molar refractivity (Wildman–Crippen MR) is 491 cm³/mol. The van der Waals surface area contributed by atoms with Crippen LogP contribution in [0, 0.1) is 17.5 Å². The number of carbonyl (C=O) groups excluding carboxylic acids is 2. The summed E-state index contributed by atoms with van der Waals surface area (Å²) in [5.74, 6) is -2.10. The van der Waals surface area contributed by atoms with E-state index in [-0.39, 0.29) is 89.6 Å². The first-order valence-electron chi connectivity index (χ1n) is 41.3. The van der Waals surface area contributed by atoms with Gasteiger partial charge < -0.3 is 39.8 Å². The van der Waals surface area contributed by atoms with E-state index in [1.165, 1.54) is 64.2 Å². The van der Waals surface area contributed by atoms with E-state index in [2.05, 4.69) is 101 Å². The van der Waals surface area contributed by atoms with Gasteiger partial charge in [0.15, 0.2) is 17.5 Å². The molecule has 0 aliphatic heterocycles. The molecule has 131 heavy (non-hydrogen) atoms. The first kappa shape index (κ1) is 86.2. The Morgan fingerprint density at radius 1 is 0.405 bits per heavy atom. The number of benzene rings is 10. The van der Waals surface area contributed by atoms with Crippen molar-refractivity contribution in [2.75, 3.05) is 28.9 Å². The fraction of sp³-hybridized carbons (Fsp3) is 0.112. The van der Waals surface area contributed by atoms with Crippen LogP contribution in [0.1, 0.15) is 64.5 Å². The van der Waals surface area contributed by atoms with Crippen molar-refractivity contribution in [3.63, 3.8) is 0 Å². The Kier molecular flexibility index (Phi) is 25.0. The molecule has 0 unspecified atom stereocenters. The molecule has 29 nitrogen and oxygen atoms in total. The Hall–Kier alpha value is -17.0. The predicted octanol–water partition coefficient (Wildman–Crippen LogP) is 16.9. The van der Waals surface area contributed by atoms with E-state index < -0.39 is 39.4 Å². The summed E-state index contributed by atoms with van der Waals surface area (Å²) < 4.78 is 84.3. The highest BCUT2D eigenvalue weighted by Crippen LogP contribution is 2.43. The average Bonchev–Trinajstić information content (AvgIpc) is 1.57. The Labute approximate surface area is 747 Å². The van der Waals surface area contributed by atoms with Crippen molar-refractivity contribution in [3.8, 4) is 67.9 Å². The average molecular weight is 1770 g/mol. The number of fused-ring (bicyclic) bond motifs is 3. The zero-order valence-corrected chi connectivity index (χ0v) is 71.9. The van der Waals surface area contributed by atoms with Gasteiger partial charge in [0.25, 0.3) is 15.9 Å². The minimum atomic E-state index is -4.46. The number of amides is 1. The molecular formula is C98H81F3N22O7S. The number of carboxylic acids is 1. The number of anilines is 3. The molecule has 19 aromatic rings. The second-order valence-corrected chi connectivity index (χ2v) is 32.3. The summed E-state index contributed by atoms with van der Waals surface area (Å²) in [5, 5.41) is 49.7. The third-order valence-electron chi connectivity index (χ3n) is 21.8. The van der Waals surface area contributed by atoms with Crippen molar-refractivity contribution in [3.05, 3.63) is 371 Å². The van der Waals surface area contributed by atoms with Crippen LogP contribution in [0.25, 0.3) is 101 Å². The van der Waals surface area contributed by atoms with Crippen molar-refractivity contribution >= 4 is 78.0 Å². The van der Waals surface area contributed by atoms with E-state index in [1.54, 1.807) is 107 Å². The van der Waals surface area contributed by atoms with Crippen LogP contribution in [-0.4, -0.2) is 135 Å². The van der Waals surface area contributed by atoms with E-state index in [0.29, 0.717) is 95.2 Å². The fourth-order valence-electron chi connectivity index (χ4n) is 15.6. The molecule has 0 spiro atoms. The van der Waals surface area contributed by atoms with Gasteiger partial charge >= 0.3 is 11.9 Å². The normalized spacial score (nSPS) is 11.3. The number of aromatic nitrogens is 18. The minimum Gasteiger partial charge on any atom is -0.478 e. The number of carboxylic acid groups (broad SMARTS) is 1. The molecule has 0 aliphatic rings. The molecule has 0 bridgehead atoms. The van der Waals surface area contributed by atoms with Crippen LogP contribution in [0.3, 0.4) is 0 Å². The zero-order chi connectivity index (χ0) is 90.8. The van der Waals surface area contributed by atoms with Crippen molar-refractivity contribution in [2.24, 2.45) is 21.1 Å². The number of methoxy groups -OCH3 is 1. The second kappa shape index (κ2) is 38.1. The van der Waals surface area contributed by atoms with Crippen LogP contribution in [0.15, 0.2) is 309 Å². The number of rotatable bonds is 26. The Bertz CT molecular complexity index is 7350. The molecule has 4 N–H and O–H groups in total. The van der Waals surface area contributed by atoms with Gasteiger partial charge in [-0.2, -0.15) is 14.4 Å². The number of carbonyl (C=O) groups is 3. The lowest BCUT2D eigenvalue weighted by molar-refractivity contribution is 0.0601. The molecule has 19 rings (SSSR count). The number of H-pyrrole nitrogens is 2. The number of aryl methyl sites for hydroxylation is 3. The molecule has 1 amide bonds. The summed E-state index contributed by atoms with van der Waals surface area (Å²) in [7, 11) is 3.14. The number of tetrazole rings is 3. The maximum absolute atomic E-state index is 16.7. The van der Waals surface area contributed by atoms with Gasteiger partial charge in [0.2, 0.25) is 17.5 Å². The molecule has 0 saturated carbocycles. The van der Waals surface area contributed by atoms with E-state index in [4.69, 9.17) is 14.7 Å². The first-order valence-corrected chi connectivity index (χ1v) is 42.7. The molecule has 9 heterocycles. The van der Waals surface area contributed by atoms with Crippen LogP contribution in [-0.2, 0) is 75.2 Å². The van der Waals surface area contributed by atoms with Gasteiger partial charge in [-0.3, -0.25) is 4.79 Å². The maximum atomic E-state index is 16.7. The maximum Gasteiger partial charge on any atom is 0.340 e. The molecule has 0 atom stereocenters. The summed E-state index contributed by atoms with van der Waals surface area (Å²) in [4.78, 5) is 68.9. The quantitative estimate of drug-likeness (QED) is 0.0366. The Morgan fingerprint density at radius 2 is 0.725 bits per heavy atom. The summed E-state index contributed by atoms with van der Waals surface area (Å²) >= 11 is 0. The number of esters is 1. The topological polar surface area (TPSA) is 343 Å². The van der Waals surface area contributed by atoms with Crippen LogP contribution < -0.4 is 20.0 Å². The fourth-order valence-corrected chi connectivity index (χ4v) is 17.2. The standard InChI is InChI=1S/C37H30FN7O4S.C31H27FN8O.C30H24FN7O2/c1-43-41-35(40-42-43)29-20-12-19-28(33(29)38)32-21-30-31(37(46)49-2)22-39-36(34(30)45(32)50(47,48)27-17-10-5-11-18-27)44(23-25-13-6-3-7-14-25)24-26-15-8-4-9-16-26;1-33-31(41)25-17-34-30(40(18-20-10-5-3-6-11-20)19-21-12-7-4-8-13-21)28-24(25)16-26(35-28)22-14-9-15-23(27(22)32)29-36-38-39(2)37-29;1-37-35-28(34-36-37)22-14-8-13-21(26(22)31)25-15-23-24(30(39)40)16-32-29(27(23)33-25)38(17-19-9-4-2-5-10-19)18-20-11-6-3-7-12-20/h3-22H,23-24H2,1-2H3;3-17,35H,18-19H2,1-2H3,(H,33,41);2-16,33H,17-18H2,1H3,(H,39,40). The Morgan fingerprint density at radius 3 is 1.08 bits per heavy atom. The SMILES string of the molecule is CNC(=O)c1cnc(N(Cc2ccccc2)Cc2ccccc2)c2[nH]c(-c3cccc(-c4nnn(C)n4)c3F)cc12.COC(=O)c1cnc(N(Cc2ccccc2)Cc2ccccc2)c2c1cc(-c1cccc(-c3nnn(C)n3)c1F)n2S(=O)(=O)c1ccccc1.Cn1nnc(-c2cccc(-c3cc4c(C(=O)O)cnc(N(Cc5ccccc5)Cc5ccccc5)c4[nH]3)c2F)n1. The highest BCUT2D eigenvalue weighted by atomic mass is 32.2. The molecule has 0 saturated heterocycles. The van der Waals surface area contributed by atoms with Crippen LogP contribution in [0.2, 0.25) is 0 Å². The van der Waals surface area contributed by atoms with E-state index in [1.807, 2.05) is 163 Å². The summed E-state index contributed by atoms with van der Waals surface area (Å²) in [6, 6.07) is 86.8. The lowest BCUT2D eigenvalue weighted by atomic mass is 10.1. The third-order valence-corrected chi connectivity index (χ3v) is 23.5. The van der Waals surface area contributed by atoms with E-state index >= 15 is 13.2 Å². The third kappa shape index (κ3) is 18.4. The highest BCUT2D eigenvalue weighted by Gasteiger charge is 2.34. The van der Waals surface area contributed by atoms with Gasteiger partial charge in [0, 0.05) is 109 Å². The Balaban J connectivity index is 0.000000139. The molecule has 0 aliphatic carbocycles.